The van der Waals surface area contributed by atoms with Crippen molar-refractivity contribution in [2.75, 3.05) is 0 Å². The van der Waals surface area contributed by atoms with Crippen molar-refractivity contribution in [1.82, 2.24) is 0 Å². The van der Waals surface area contributed by atoms with Crippen molar-refractivity contribution in [2.24, 2.45) is 5.73 Å². The fourth-order valence-corrected chi connectivity index (χ4v) is 1.60. The summed E-state index contributed by atoms with van der Waals surface area (Å²) in [6.07, 6.45) is 0. The number of nitrogens with two attached hydrogens (primary N) is 1. The Bertz CT molecular complexity index is 503. The molecule has 94 valence electrons. The van der Waals surface area contributed by atoms with Crippen LogP contribution in [0.1, 0.15) is 24.2 Å². The molecule has 0 aliphatic rings. The van der Waals surface area contributed by atoms with Gasteiger partial charge in [0.1, 0.15) is 0 Å². The molecule has 0 atom stereocenters. The molecule has 2 aromatic carbocycles. The summed E-state index contributed by atoms with van der Waals surface area (Å²) in [6, 6.07) is 14.7. The zero-order valence-electron chi connectivity index (χ0n) is 10.5. The molecule has 1 amide bonds. The molecule has 2 rings (SSSR count). The van der Waals surface area contributed by atoms with Gasteiger partial charge in [-0.15, -0.1) is 0 Å². The maximum Gasteiger partial charge on any atom is 0.248 e. The van der Waals surface area contributed by atoms with Crippen molar-refractivity contribution >= 4 is 17.5 Å². The van der Waals surface area contributed by atoms with E-state index in [1.165, 1.54) is 0 Å². The Morgan fingerprint density at radius 2 is 1.28 bits per heavy atom. The van der Waals surface area contributed by atoms with Gasteiger partial charge in [-0.05, 0) is 35.4 Å². The number of rotatable bonds is 2. The van der Waals surface area contributed by atoms with E-state index in [1.54, 1.807) is 12.1 Å². The lowest BCUT2D eigenvalue weighted by atomic mass is 10.0. The maximum atomic E-state index is 10.9. The highest BCUT2D eigenvalue weighted by Crippen LogP contribution is 2.21. The van der Waals surface area contributed by atoms with E-state index in [4.69, 9.17) is 17.3 Å². The minimum absolute atomic E-state index is 0.414. The molecule has 2 N–H and O–H groups in total. The van der Waals surface area contributed by atoms with Crippen LogP contribution in [0, 0.1) is 0 Å². The molecule has 0 aliphatic carbocycles. The van der Waals surface area contributed by atoms with Gasteiger partial charge in [-0.2, -0.15) is 0 Å². The number of benzene rings is 2. The van der Waals surface area contributed by atoms with Gasteiger partial charge >= 0.3 is 0 Å². The number of amides is 1. The fourth-order valence-electron chi connectivity index (χ4n) is 1.47. The predicted octanol–water partition coefficient (Wildman–Crippen LogP) is 4.13. The second-order valence-electron chi connectivity index (χ2n) is 3.45. The average molecular weight is 262 g/mol. The first-order chi connectivity index (χ1) is 8.66. The second kappa shape index (κ2) is 6.82. The molecule has 0 saturated heterocycles. The van der Waals surface area contributed by atoms with Crippen LogP contribution in [0.25, 0.3) is 11.1 Å². The molecule has 2 nitrogen and oxygen atoms in total. The quantitative estimate of drug-likeness (QED) is 0.868. The molecule has 3 heteroatoms. The van der Waals surface area contributed by atoms with Gasteiger partial charge in [0.05, 0.1) is 0 Å². The molecular formula is C15H16ClNO. The van der Waals surface area contributed by atoms with E-state index in [0.717, 1.165) is 11.1 Å². The van der Waals surface area contributed by atoms with Crippen molar-refractivity contribution in [3.05, 3.63) is 59.1 Å². The molecule has 0 bridgehead atoms. The van der Waals surface area contributed by atoms with Crippen molar-refractivity contribution in [2.45, 2.75) is 13.8 Å². The Morgan fingerprint density at radius 3 is 1.67 bits per heavy atom. The maximum absolute atomic E-state index is 10.9. The number of primary amides is 1. The SMILES string of the molecule is CC.NC(=O)c1ccc(-c2ccc(Cl)cc2)cc1. The van der Waals surface area contributed by atoms with Gasteiger partial charge in [-0.25, -0.2) is 0 Å². The van der Waals surface area contributed by atoms with Gasteiger partial charge in [-0.1, -0.05) is 49.7 Å². The zero-order valence-corrected chi connectivity index (χ0v) is 11.2. The Hall–Kier alpha value is -1.80. The minimum Gasteiger partial charge on any atom is -0.366 e. The van der Waals surface area contributed by atoms with E-state index in [2.05, 4.69) is 0 Å². The number of halogens is 1. The largest absolute Gasteiger partial charge is 0.366 e. The first-order valence-electron chi connectivity index (χ1n) is 5.82. The number of hydrogen-bond acceptors (Lipinski definition) is 1. The Kier molecular flexibility index (Phi) is 5.40. The molecule has 0 heterocycles. The number of carbonyl (C=O) groups excluding carboxylic acids is 1. The van der Waals surface area contributed by atoms with Crippen LogP contribution in [0.4, 0.5) is 0 Å². The smallest absolute Gasteiger partial charge is 0.248 e. The first-order valence-corrected chi connectivity index (χ1v) is 6.20. The van der Waals surface area contributed by atoms with Gasteiger partial charge in [0.2, 0.25) is 5.91 Å². The highest BCUT2D eigenvalue weighted by molar-refractivity contribution is 6.30. The van der Waals surface area contributed by atoms with Crippen LogP contribution in [-0.2, 0) is 0 Å². The standard InChI is InChI=1S/C13H10ClNO.C2H6/c14-12-7-5-10(6-8-12)9-1-3-11(4-2-9)13(15)16;1-2/h1-8H,(H2,15,16);1-2H3. The summed E-state index contributed by atoms with van der Waals surface area (Å²) in [5.74, 6) is -0.414. The van der Waals surface area contributed by atoms with Gasteiger partial charge in [0.15, 0.2) is 0 Å². The molecule has 0 radical (unpaired) electrons. The number of hydrogen-bond donors (Lipinski definition) is 1. The van der Waals surface area contributed by atoms with Crippen molar-refractivity contribution in [3.63, 3.8) is 0 Å². The van der Waals surface area contributed by atoms with Gasteiger partial charge in [0.25, 0.3) is 0 Å². The van der Waals surface area contributed by atoms with Crippen LogP contribution in [0.5, 0.6) is 0 Å². The van der Waals surface area contributed by atoms with Gasteiger partial charge < -0.3 is 5.73 Å². The van der Waals surface area contributed by atoms with E-state index in [1.807, 2.05) is 50.2 Å². The lowest BCUT2D eigenvalue weighted by molar-refractivity contribution is 0.100. The van der Waals surface area contributed by atoms with E-state index >= 15 is 0 Å². The van der Waals surface area contributed by atoms with E-state index in [0.29, 0.717) is 10.6 Å². The lowest BCUT2D eigenvalue weighted by Gasteiger charge is -2.02. The summed E-state index contributed by atoms with van der Waals surface area (Å²) >= 11 is 5.80. The third kappa shape index (κ3) is 3.60. The van der Waals surface area contributed by atoms with Gasteiger partial charge in [-0.3, -0.25) is 4.79 Å². The van der Waals surface area contributed by atoms with Crippen LogP contribution < -0.4 is 5.73 Å². The van der Waals surface area contributed by atoms with E-state index in [9.17, 15) is 4.79 Å². The molecule has 18 heavy (non-hydrogen) atoms. The molecule has 0 saturated carbocycles. The Morgan fingerprint density at radius 1 is 0.889 bits per heavy atom. The van der Waals surface area contributed by atoms with Crippen molar-refractivity contribution < 1.29 is 4.79 Å². The molecule has 0 aliphatic heterocycles. The molecule has 0 fully saturated rings. The summed E-state index contributed by atoms with van der Waals surface area (Å²) in [5.41, 5.74) is 7.76. The highest BCUT2D eigenvalue weighted by Gasteiger charge is 2.01. The summed E-state index contributed by atoms with van der Waals surface area (Å²) in [7, 11) is 0. The third-order valence-electron chi connectivity index (χ3n) is 2.35. The highest BCUT2D eigenvalue weighted by atomic mass is 35.5. The van der Waals surface area contributed by atoms with Crippen molar-refractivity contribution in [1.29, 1.82) is 0 Å². The monoisotopic (exact) mass is 261 g/mol. The number of carbonyl (C=O) groups is 1. The lowest BCUT2D eigenvalue weighted by Crippen LogP contribution is -2.10. The Labute approximate surface area is 112 Å². The average Bonchev–Trinajstić information content (AvgIpc) is 2.42. The zero-order chi connectivity index (χ0) is 13.5. The summed E-state index contributed by atoms with van der Waals surface area (Å²) in [5, 5.41) is 0.706. The Balaban J connectivity index is 0.000000771. The molecule has 2 aromatic rings. The molecule has 0 aromatic heterocycles. The van der Waals surface area contributed by atoms with E-state index < -0.39 is 5.91 Å². The van der Waals surface area contributed by atoms with Crippen LogP contribution >= 0.6 is 11.6 Å². The van der Waals surface area contributed by atoms with E-state index in [-0.39, 0.29) is 0 Å². The summed E-state index contributed by atoms with van der Waals surface area (Å²) < 4.78 is 0. The summed E-state index contributed by atoms with van der Waals surface area (Å²) in [4.78, 5) is 10.9. The molecule has 0 spiro atoms. The topological polar surface area (TPSA) is 43.1 Å². The van der Waals surface area contributed by atoms with Gasteiger partial charge in [0, 0.05) is 10.6 Å². The fraction of sp³-hybridized carbons (Fsp3) is 0.133. The normalized spacial score (nSPS) is 9.28. The van der Waals surface area contributed by atoms with Crippen LogP contribution in [0.3, 0.4) is 0 Å². The first kappa shape index (κ1) is 14.3. The van der Waals surface area contributed by atoms with Crippen LogP contribution in [-0.4, -0.2) is 5.91 Å². The third-order valence-corrected chi connectivity index (χ3v) is 2.60. The molecule has 0 unspecified atom stereocenters. The van der Waals surface area contributed by atoms with Crippen LogP contribution in [0.15, 0.2) is 48.5 Å². The van der Waals surface area contributed by atoms with Crippen LogP contribution in [0.2, 0.25) is 5.02 Å². The predicted molar refractivity (Wildman–Crippen MR) is 76.8 cm³/mol. The summed E-state index contributed by atoms with van der Waals surface area (Å²) in [6.45, 7) is 4.00. The second-order valence-corrected chi connectivity index (χ2v) is 3.88. The van der Waals surface area contributed by atoms with Crippen molar-refractivity contribution in [3.8, 4) is 11.1 Å². The molecular weight excluding hydrogens is 246 g/mol. The minimum atomic E-state index is -0.414.